The molecule has 6 nitrogen and oxygen atoms in total. The van der Waals surface area contributed by atoms with Crippen molar-refractivity contribution in [3.05, 3.63) is 18.2 Å². The fraction of sp³-hybridized carbons (Fsp3) is 0.600. The average Bonchev–Trinajstić information content (AvgIpc) is 3.47. The summed E-state index contributed by atoms with van der Waals surface area (Å²) in [5.74, 6) is 1.43. The molecule has 1 N–H and O–H groups in total. The lowest BCUT2D eigenvalue weighted by atomic mass is 9.96. The third-order valence-electron chi connectivity index (χ3n) is 4.84. The Labute approximate surface area is 154 Å². The van der Waals surface area contributed by atoms with E-state index in [2.05, 4.69) is 5.32 Å². The van der Waals surface area contributed by atoms with Gasteiger partial charge < -0.3 is 19.7 Å². The van der Waals surface area contributed by atoms with Gasteiger partial charge in [-0.2, -0.15) is 0 Å². The number of piperidine rings is 1. The Hall–Kier alpha value is -2.24. The molecule has 0 aromatic heterocycles. The third-order valence-corrected chi connectivity index (χ3v) is 4.84. The summed E-state index contributed by atoms with van der Waals surface area (Å²) in [5.41, 5.74) is 0.605. The van der Waals surface area contributed by atoms with Crippen molar-refractivity contribution in [1.29, 1.82) is 0 Å². The zero-order chi connectivity index (χ0) is 18.7. The minimum Gasteiger partial charge on any atom is -0.497 e. The van der Waals surface area contributed by atoms with Gasteiger partial charge in [-0.05, 0) is 51.7 Å². The number of carbonyl (C=O) groups is 2. The number of nitrogens with zero attached hydrogens (tertiary/aromatic N) is 1. The number of amides is 2. The summed E-state index contributed by atoms with van der Waals surface area (Å²) in [4.78, 5) is 27.0. The van der Waals surface area contributed by atoms with Crippen LogP contribution in [0.2, 0.25) is 0 Å². The van der Waals surface area contributed by atoms with Crippen LogP contribution in [-0.4, -0.2) is 43.0 Å². The first kappa shape index (κ1) is 18.5. The van der Waals surface area contributed by atoms with Crippen LogP contribution >= 0.6 is 0 Å². The molecule has 1 aromatic rings. The summed E-state index contributed by atoms with van der Waals surface area (Å²) in [6.07, 6.45) is 3.65. The number of hydrogen-bond donors (Lipinski definition) is 1. The fourth-order valence-electron chi connectivity index (χ4n) is 3.31. The van der Waals surface area contributed by atoms with E-state index in [-0.39, 0.29) is 29.8 Å². The summed E-state index contributed by atoms with van der Waals surface area (Å²) in [6.45, 7) is 5.15. The van der Waals surface area contributed by atoms with E-state index >= 15 is 0 Å². The molecule has 1 heterocycles. The number of methoxy groups -OCH3 is 1. The SMILES string of the molecule is COc1ccc(OC(C)C)c(NC(=O)C2CCCN(C(=O)C3CC3)C2)c1. The van der Waals surface area contributed by atoms with Gasteiger partial charge in [0.05, 0.1) is 24.8 Å². The molecule has 2 fully saturated rings. The Balaban J connectivity index is 1.69. The summed E-state index contributed by atoms with van der Waals surface area (Å²) >= 11 is 0. The first-order chi connectivity index (χ1) is 12.5. The minimum absolute atomic E-state index is 0.000354. The normalized spacial score (nSPS) is 20.0. The lowest BCUT2D eigenvalue weighted by Gasteiger charge is -2.32. The molecule has 0 spiro atoms. The third kappa shape index (κ3) is 4.48. The summed E-state index contributed by atoms with van der Waals surface area (Å²) in [6, 6.07) is 5.38. The van der Waals surface area contributed by atoms with Gasteiger partial charge in [0.2, 0.25) is 11.8 Å². The van der Waals surface area contributed by atoms with Crippen LogP contribution < -0.4 is 14.8 Å². The van der Waals surface area contributed by atoms with E-state index in [1.54, 1.807) is 19.2 Å². The average molecular weight is 360 g/mol. The van der Waals surface area contributed by atoms with Gasteiger partial charge >= 0.3 is 0 Å². The van der Waals surface area contributed by atoms with Gasteiger partial charge in [0.15, 0.2) is 0 Å². The number of anilines is 1. The molecule has 1 aliphatic heterocycles. The Bertz CT molecular complexity index is 670. The van der Waals surface area contributed by atoms with Crippen LogP contribution in [0.4, 0.5) is 5.69 Å². The molecule has 0 bridgehead atoms. The maximum atomic E-state index is 12.8. The smallest absolute Gasteiger partial charge is 0.229 e. The van der Waals surface area contributed by atoms with Crippen molar-refractivity contribution in [3.63, 3.8) is 0 Å². The maximum absolute atomic E-state index is 12.8. The maximum Gasteiger partial charge on any atom is 0.229 e. The summed E-state index contributed by atoms with van der Waals surface area (Å²) < 4.78 is 11.1. The molecule has 1 saturated heterocycles. The van der Waals surface area contributed by atoms with Crippen LogP contribution in [0.15, 0.2) is 18.2 Å². The minimum atomic E-state index is -0.190. The number of ether oxygens (including phenoxy) is 2. The van der Waals surface area contributed by atoms with Gasteiger partial charge in [-0.3, -0.25) is 9.59 Å². The molecule has 3 rings (SSSR count). The fourth-order valence-corrected chi connectivity index (χ4v) is 3.31. The van der Waals surface area contributed by atoms with Crippen molar-refractivity contribution >= 4 is 17.5 Å². The Kier molecular flexibility index (Phi) is 5.69. The summed E-state index contributed by atoms with van der Waals surface area (Å²) in [5, 5.41) is 2.98. The van der Waals surface area contributed by atoms with Crippen molar-refractivity contribution in [2.45, 2.75) is 45.6 Å². The van der Waals surface area contributed by atoms with Crippen molar-refractivity contribution in [3.8, 4) is 11.5 Å². The number of rotatable bonds is 6. The molecule has 1 unspecified atom stereocenters. The van der Waals surface area contributed by atoms with Gasteiger partial charge in [0, 0.05) is 25.1 Å². The highest BCUT2D eigenvalue weighted by Crippen LogP contribution is 2.34. The second-order valence-corrected chi connectivity index (χ2v) is 7.42. The molecule has 6 heteroatoms. The van der Waals surface area contributed by atoms with Crippen LogP contribution in [0.1, 0.15) is 39.5 Å². The van der Waals surface area contributed by atoms with E-state index in [0.29, 0.717) is 23.7 Å². The van der Waals surface area contributed by atoms with Crippen LogP contribution in [0.25, 0.3) is 0 Å². The monoisotopic (exact) mass is 360 g/mol. The van der Waals surface area contributed by atoms with E-state index in [9.17, 15) is 9.59 Å². The van der Waals surface area contributed by atoms with Gasteiger partial charge in [0.25, 0.3) is 0 Å². The van der Waals surface area contributed by atoms with E-state index in [1.807, 2.05) is 24.8 Å². The highest BCUT2D eigenvalue weighted by Gasteiger charge is 2.36. The molecular weight excluding hydrogens is 332 g/mol. The lowest BCUT2D eigenvalue weighted by molar-refractivity contribution is -0.135. The van der Waals surface area contributed by atoms with Crippen LogP contribution in [0, 0.1) is 11.8 Å². The molecule has 142 valence electrons. The van der Waals surface area contributed by atoms with E-state index in [1.165, 1.54) is 0 Å². The zero-order valence-electron chi connectivity index (χ0n) is 15.8. The lowest BCUT2D eigenvalue weighted by Crippen LogP contribution is -2.44. The van der Waals surface area contributed by atoms with Gasteiger partial charge in [-0.25, -0.2) is 0 Å². The Morgan fingerprint density at radius 2 is 1.96 bits per heavy atom. The molecule has 1 atom stereocenters. The number of carbonyl (C=O) groups excluding carboxylic acids is 2. The van der Waals surface area contributed by atoms with Crippen molar-refractivity contribution in [2.24, 2.45) is 11.8 Å². The first-order valence-corrected chi connectivity index (χ1v) is 9.42. The topological polar surface area (TPSA) is 67.9 Å². The van der Waals surface area contributed by atoms with Gasteiger partial charge in [-0.1, -0.05) is 0 Å². The summed E-state index contributed by atoms with van der Waals surface area (Å²) in [7, 11) is 1.59. The number of likely N-dealkylation sites (tertiary alicyclic amines) is 1. The largest absolute Gasteiger partial charge is 0.497 e. The molecule has 2 amide bonds. The number of benzene rings is 1. The number of nitrogens with one attached hydrogen (secondary N) is 1. The standard InChI is InChI=1S/C20H28N2O4/c1-13(2)26-18-9-8-16(25-3)11-17(18)21-19(23)15-5-4-10-22(12-15)20(24)14-6-7-14/h8-9,11,13-15H,4-7,10,12H2,1-3H3,(H,21,23). The van der Waals surface area contributed by atoms with E-state index in [4.69, 9.17) is 9.47 Å². The second kappa shape index (κ2) is 7.98. The van der Waals surface area contributed by atoms with Crippen LogP contribution in [0.3, 0.4) is 0 Å². The quantitative estimate of drug-likeness (QED) is 0.847. The highest BCUT2D eigenvalue weighted by molar-refractivity contribution is 5.95. The molecule has 0 radical (unpaired) electrons. The number of hydrogen-bond acceptors (Lipinski definition) is 4. The van der Waals surface area contributed by atoms with Gasteiger partial charge in [-0.15, -0.1) is 0 Å². The van der Waals surface area contributed by atoms with Crippen molar-refractivity contribution in [2.75, 3.05) is 25.5 Å². The molecule has 1 saturated carbocycles. The predicted octanol–water partition coefficient (Wildman–Crippen LogP) is 3.07. The van der Waals surface area contributed by atoms with Crippen LogP contribution in [-0.2, 0) is 9.59 Å². The molecular formula is C20H28N2O4. The van der Waals surface area contributed by atoms with Crippen molar-refractivity contribution < 1.29 is 19.1 Å². The van der Waals surface area contributed by atoms with Crippen LogP contribution in [0.5, 0.6) is 11.5 Å². The molecule has 1 aliphatic carbocycles. The Morgan fingerprint density at radius 1 is 1.19 bits per heavy atom. The zero-order valence-corrected chi connectivity index (χ0v) is 15.8. The molecule has 2 aliphatic rings. The first-order valence-electron chi connectivity index (χ1n) is 9.42. The molecule has 1 aromatic carbocycles. The predicted molar refractivity (Wildman–Crippen MR) is 99.4 cm³/mol. The Morgan fingerprint density at radius 3 is 2.62 bits per heavy atom. The highest BCUT2D eigenvalue weighted by atomic mass is 16.5. The van der Waals surface area contributed by atoms with E-state index in [0.717, 1.165) is 32.2 Å². The second-order valence-electron chi connectivity index (χ2n) is 7.42. The molecule has 26 heavy (non-hydrogen) atoms. The van der Waals surface area contributed by atoms with Gasteiger partial charge in [0.1, 0.15) is 11.5 Å². The van der Waals surface area contributed by atoms with Crippen molar-refractivity contribution in [1.82, 2.24) is 4.90 Å². The van der Waals surface area contributed by atoms with E-state index < -0.39 is 0 Å².